The van der Waals surface area contributed by atoms with Crippen molar-refractivity contribution in [3.63, 3.8) is 0 Å². The number of hydrogen-bond donors (Lipinski definition) is 2. The highest BCUT2D eigenvalue weighted by molar-refractivity contribution is 7.94. The summed E-state index contributed by atoms with van der Waals surface area (Å²) < 4.78 is 113. The van der Waals surface area contributed by atoms with E-state index in [1.165, 1.54) is 24.3 Å². The van der Waals surface area contributed by atoms with Gasteiger partial charge in [-0.25, -0.2) is 8.42 Å². The van der Waals surface area contributed by atoms with E-state index in [1.54, 1.807) is 6.92 Å². The van der Waals surface area contributed by atoms with Gasteiger partial charge in [-0.05, 0) is 55.4 Å². The molecule has 0 amide bonds. The first-order valence-corrected chi connectivity index (χ1v) is 12.9. The molecule has 2 N–H and O–H groups in total. The Hall–Kier alpha value is -2.77. The first-order chi connectivity index (χ1) is 16.7. The van der Waals surface area contributed by atoms with Crippen LogP contribution in [0.15, 0.2) is 58.8 Å². The van der Waals surface area contributed by atoms with Gasteiger partial charge in [-0.3, -0.25) is 4.72 Å². The van der Waals surface area contributed by atoms with Gasteiger partial charge in [0.05, 0.1) is 16.8 Å². The van der Waals surface area contributed by atoms with E-state index in [1.807, 2.05) is 0 Å². The van der Waals surface area contributed by atoms with Gasteiger partial charge in [-0.2, -0.15) is 26.3 Å². The maximum Gasteiger partial charge on any atom is 0.419 e. The van der Waals surface area contributed by atoms with Crippen LogP contribution in [0.5, 0.6) is 5.75 Å². The fourth-order valence-electron chi connectivity index (χ4n) is 3.72. The SMILES string of the molecule is C[C@@]1(Oc2cc(NS(=O)(=O)c3ccc(-c4cccc(C(F)(F)F)c4)s3)ccc2C(F)(F)F)CCNC1. The number of anilines is 1. The van der Waals surface area contributed by atoms with E-state index >= 15 is 0 Å². The van der Waals surface area contributed by atoms with Gasteiger partial charge in [0.15, 0.2) is 0 Å². The first kappa shape index (κ1) is 26.3. The lowest BCUT2D eigenvalue weighted by atomic mass is 10.1. The Morgan fingerprint density at radius 2 is 1.75 bits per heavy atom. The van der Waals surface area contributed by atoms with Crippen molar-refractivity contribution in [2.75, 3.05) is 17.8 Å². The van der Waals surface area contributed by atoms with Crippen molar-refractivity contribution < 1.29 is 39.5 Å². The number of thiophene rings is 1. The van der Waals surface area contributed by atoms with Crippen molar-refractivity contribution in [2.24, 2.45) is 0 Å². The third kappa shape index (κ3) is 5.79. The molecular weight excluding hydrogens is 530 g/mol. The van der Waals surface area contributed by atoms with E-state index in [0.29, 0.717) is 19.5 Å². The van der Waals surface area contributed by atoms with Crippen LogP contribution < -0.4 is 14.8 Å². The molecular formula is C23H20F6N2O3S2. The molecule has 1 aliphatic rings. The fraction of sp³-hybridized carbons (Fsp3) is 0.304. The lowest BCUT2D eigenvalue weighted by molar-refractivity contribution is -0.140. The zero-order valence-electron chi connectivity index (χ0n) is 18.6. The maximum atomic E-state index is 13.5. The van der Waals surface area contributed by atoms with Crippen molar-refractivity contribution in [3.05, 3.63) is 65.7 Å². The Morgan fingerprint density at radius 3 is 2.39 bits per heavy atom. The largest absolute Gasteiger partial charge is 0.485 e. The number of hydrogen-bond acceptors (Lipinski definition) is 5. The molecule has 1 atom stereocenters. The molecule has 0 bridgehead atoms. The third-order valence-corrected chi connectivity index (χ3v) is 8.55. The number of benzene rings is 2. The number of alkyl halides is 6. The highest BCUT2D eigenvalue weighted by atomic mass is 32.2. The smallest absolute Gasteiger partial charge is 0.419 e. The monoisotopic (exact) mass is 550 g/mol. The molecule has 0 radical (unpaired) electrons. The van der Waals surface area contributed by atoms with Gasteiger partial charge >= 0.3 is 12.4 Å². The Bertz CT molecular complexity index is 1360. The predicted octanol–water partition coefficient (Wildman–Crippen LogP) is 6.38. The minimum atomic E-state index is -4.72. The number of sulfonamides is 1. The van der Waals surface area contributed by atoms with Crippen LogP contribution >= 0.6 is 11.3 Å². The second-order valence-corrected chi connectivity index (χ2v) is 11.5. The molecule has 1 aliphatic heterocycles. The number of halogens is 6. The van der Waals surface area contributed by atoms with E-state index < -0.39 is 44.9 Å². The van der Waals surface area contributed by atoms with Gasteiger partial charge in [0.25, 0.3) is 10.0 Å². The average molecular weight is 551 g/mol. The number of nitrogens with one attached hydrogen (secondary N) is 2. The van der Waals surface area contributed by atoms with Crippen LogP contribution in [0.4, 0.5) is 32.0 Å². The lowest BCUT2D eigenvalue weighted by Gasteiger charge is -2.27. The van der Waals surface area contributed by atoms with E-state index in [0.717, 1.165) is 41.7 Å². The summed E-state index contributed by atoms with van der Waals surface area (Å²) in [5, 5.41) is 3.01. The normalized spacial score (nSPS) is 18.9. The quantitative estimate of drug-likeness (QED) is 0.350. The van der Waals surface area contributed by atoms with E-state index in [4.69, 9.17) is 4.74 Å². The molecule has 36 heavy (non-hydrogen) atoms. The molecule has 2 aromatic carbocycles. The molecule has 2 heterocycles. The minimum Gasteiger partial charge on any atom is -0.485 e. The van der Waals surface area contributed by atoms with E-state index in [9.17, 15) is 34.8 Å². The zero-order valence-corrected chi connectivity index (χ0v) is 20.3. The lowest BCUT2D eigenvalue weighted by Crippen LogP contribution is -2.35. The van der Waals surface area contributed by atoms with Crippen LogP contribution in [0.25, 0.3) is 10.4 Å². The van der Waals surface area contributed by atoms with Crippen LogP contribution in [0, 0.1) is 0 Å². The van der Waals surface area contributed by atoms with E-state index in [2.05, 4.69) is 10.0 Å². The predicted molar refractivity (Wildman–Crippen MR) is 124 cm³/mol. The number of rotatable bonds is 6. The molecule has 0 aliphatic carbocycles. The highest BCUT2D eigenvalue weighted by Gasteiger charge is 2.38. The van der Waals surface area contributed by atoms with Crippen LogP contribution in [0.2, 0.25) is 0 Å². The third-order valence-electron chi connectivity index (χ3n) is 5.55. The minimum absolute atomic E-state index is 0.151. The summed E-state index contributed by atoms with van der Waals surface area (Å²) in [7, 11) is -4.25. The standard InChI is InChI=1S/C23H20F6N2O3S2/c1-21(9-10-30-13-21)34-18-12-16(5-6-17(18)23(27,28)29)31-36(32,33)20-8-7-19(35-20)14-3-2-4-15(11-14)22(24,25)26/h2-8,11-12,30-31H,9-10,13H2,1H3/t21-/m1/s1. The average Bonchev–Trinajstić information content (AvgIpc) is 3.42. The summed E-state index contributed by atoms with van der Waals surface area (Å²) in [6.45, 7) is 2.55. The van der Waals surface area contributed by atoms with Crippen LogP contribution in [-0.4, -0.2) is 27.1 Å². The molecule has 13 heteroatoms. The molecule has 1 saturated heterocycles. The van der Waals surface area contributed by atoms with Gasteiger partial charge in [0, 0.05) is 23.9 Å². The van der Waals surface area contributed by atoms with Gasteiger partial charge < -0.3 is 10.1 Å². The van der Waals surface area contributed by atoms with Gasteiger partial charge in [-0.15, -0.1) is 11.3 Å². The van der Waals surface area contributed by atoms with Crippen molar-refractivity contribution in [1.29, 1.82) is 0 Å². The second-order valence-electron chi connectivity index (χ2n) is 8.49. The fourth-order valence-corrected chi connectivity index (χ4v) is 6.08. The molecule has 0 spiro atoms. The summed E-state index contributed by atoms with van der Waals surface area (Å²) in [6.07, 6.45) is -8.81. The molecule has 3 aromatic rings. The topological polar surface area (TPSA) is 67.4 Å². The molecule has 1 fully saturated rings. The van der Waals surface area contributed by atoms with Gasteiger partial charge in [0.2, 0.25) is 0 Å². The maximum absolute atomic E-state index is 13.5. The van der Waals surface area contributed by atoms with Crippen molar-refractivity contribution in [3.8, 4) is 16.2 Å². The van der Waals surface area contributed by atoms with Crippen LogP contribution in [0.1, 0.15) is 24.5 Å². The Labute approximate surface area is 207 Å². The summed E-state index contributed by atoms with van der Waals surface area (Å²) >= 11 is 0.731. The van der Waals surface area contributed by atoms with E-state index in [-0.39, 0.29) is 20.3 Å². The van der Waals surface area contributed by atoms with Crippen molar-refractivity contribution in [1.82, 2.24) is 5.32 Å². The summed E-state index contributed by atoms with van der Waals surface area (Å²) in [6, 6.07) is 9.73. The summed E-state index contributed by atoms with van der Waals surface area (Å²) in [5.41, 5.74) is -2.78. The molecule has 0 unspecified atom stereocenters. The molecule has 0 saturated carbocycles. The Kier molecular flexibility index (Phi) is 6.77. The van der Waals surface area contributed by atoms with Crippen LogP contribution in [0.3, 0.4) is 0 Å². The molecule has 4 rings (SSSR count). The number of ether oxygens (including phenoxy) is 1. The molecule has 1 aromatic heterocycles. The summed E-state index contributed by atoms with van der Waals surface area (Å²) in [4.78, 5) is 0.277. The van der Waals surface area contributed by atoms with Crippen LogP contribution in [-0.2, 0) is 22.4 Å². The van der Waals surface area contributed by atoms with Gasteiger partial charge in [0.1, 0.15) is 15.6 Å². The van der Waals surface area contributed by atoms with Gasteiger partial charge in [-0.1, -0.05) is 12.1 Å². The second kappa shape index (κ2) is 9.27. The van der Waals surface area contributed by atoms with Crippen molar-refractivity contribution in [2.45, 2.75) is 35.5 Å². The molecule has 5 nitrogen and oxygen atoms in total. The highest BCUT2D eigenvalue weighted by Crippen LogP contribution is 2.41. The Morgan fingerprint density at radius 1 is 1.00 bits per heavy atom. The molecule has 194 valence electrons. The first-order valence-electron chi connectivity index (χ1n) is 10.6. The Balaban J connectivity index is 1.61. The summed E-state index contributed by atoms with van der Waals surface area (Å²) in [5.74, 6) is -0.510. The van der Waals surface area contributed by atoms with Crippen molar-refractivity contribution >= 4 is 27.0 Å². The zero-order chi connectivity index (χ0) is 26.4.